The Morgan fingerprint density at radius 2 is 2.00 bits per heavy atom. The third-order valence-corrected chi connectivity index (χ3v) is 5.86. The van der Waals surface area contributed by atoms with Gasteiger partial charge in [0.1, 0.15) is 5.75 Å². The van der Waals surface area contributed by atoms with Gasteiger partial charge in [-0.3, -0.25) is 15.0 Å². The number of anilines is 1. The number of nitro groups is 1. The minimum Gasteiger partial charge on any atom is -0.467 e. The Hall–Kier alpha value is -2.88. The predicted molar refractivity (Wildman–Crippen MR) is 104 cm³/mol. The fourth-order valence-corrected chi connectivity index (χ4v) is 4.34. The highest BCUT2D eigenvalue weighted by Crippen LogP contribution is 2.50. The molecule has 0 amide bonds. The van der Waals surface area contributed by atoms with Gasteiger partial charge in [0.25, 0.3) is 5.69 Å². The Morgan fingerprint density at radius 1 is 1.28 bits per heavy atom. The summed E-state index contributed by atoms with van der Waals surface area (Å²) in [7, 11) is 0. The van der Waals surface area contributed by atoms with Crippen LogP contribution in [0.2, 0.25) is 0 Å². The van der Waals surface area contributed by atoms with Crippen LogP contribution in [0.25, 0.3) is 0 Å². The second kappa shape index (κ2) is 6.31. The van der Waals surface area contributed by atoms with E-state index in [-0.39, 0.29) is 28.4 Å². The van der Waals surface area contributed by atoms with Gasteiger partial charge in [0.05, 0.1) is 16.5 Å². The van der Waals surface area contributed by atoms with Gasteiger partial charge in [-0.15, -0.1) is 0 Å². The molecule has 152 valence electrons. The number of non-ortho nitro benzene ring substituents is 1. The number of halogens is 3. The predicted octanol–water partition coefficient (Wildman–Crippen LogP) is 4.79. The number of benzene rings is 2. The Labute approximate surface area is 169 Å². The molecule has 10 heteroatoms. The molecule has 1 N–H and O–H groups in total. The van der Waals surface area contributed by atoms with Crippen LogP contribution in [0, 0.1) is 16.0 Å². The zero-order chi connectivity index (χ0) is 21.1. The van der Waals surface area contributed by atoms with E-state index in [1.54, 1.807) is 6.92 Å². The lowest BCUT2D eigenvalue weighted by Crippen LogP contribution is -2.69. The first-order valence-electron chi connectivity index (χ1n) is 8.78. The molecule has 2 aliphatic rings. The topological polar surface area (TPSA) is 67.6 Å². The molecular formula is C19H16F3N3O3S. The molecule has 2 aliphatic heterocycles. The standard InChI is InChI=1S/C19H16F3N3O3S/c1-10-16-14-9-13(25(26)27)6-7-15(14)28-18(10,2)24(17(29)23-16)12-5-3-4-11(8-12)19(20,21)22/h3-10,16H,1-2H3,(H,23,29)/t10-,16+,18-/m0/s1. The van der Waals surface area contributed by atoms with Crippen molar-refractivity contribution in [1.82, 2.24) is 5.32 Å². The van der Waals surface area contributed by atoms with E-state index in [0.29, 0.717) is 11.3 Å². The van der Waals surface area contributed by atoms with Gasteiger partial charge in [0.15, 0.2) is 10.8 Å². The lowest BCUT2D eigenvalue weighted by Gasteiger charge is -2.56. The number of alkyl halides is 3. The number of hydrogen-bond acceptors (Lipinski definition) is 4. The van der Waals surface area contributed by atoms with Gasteiger partial charge in [0, 0.05) is 29.3 Å². The van der Waals surface area contributed by atoms with Crippen molar-refractivity contribution in [1.29, 1.82) is 0 Å². The number of nitrogens with one attached hydrogen (secondary N) is 1. The van der Waals surface area contributed by atoms with Crippen molar-refractivity contribution in [3.05, 3.63) is 63.7 Å². The summed E-state index contributed by atoms with van der Waals surface area (Å²) < 4.78 is 45.8. The minimum atomic E-state index is -4.49. The molecule has 0 aliphatic carbocycles. The van der Waals surface area contributed by atoms with E-state index in [4.69, 9.17) is 17.0 Å². The van der Waals surface area contributed by atoms with Gasteiger partial charge < -0.3 is 10.1 Å². The van der Waals surface area contributed by atoms with Crippen molar-refractivity contribution in [3.8, 4) is 5.75 Å². The molecule has 0 aromatic heterocycles. The molecule has 2 heterocycles. The fourth-order valence-electron chi connectivity index (χ4n) is 3.93. The average molecular weight is 423 g/mol. The monoisotopic (exact) mass is 423 g/mol. The van der Waals surface area contributed by atoms with Crippen LogP contribution in [0.15, 0.2) is 42.5 Å². The molecule has 0 radical (unpaired) electrons. The Morgan fingerprint density at radius 3 is 2.66 bits per heavy atom. The van der Waals surface area contributed by atoms with Crippen molar-refractivity contribution >= 4 is 28.7 Å². The molecule has 6 nitrogen and oxygen atoms in total. The summed E-state index contributed by atoms with van der Waals surface area (Å²) >= 11 is 5.46. The number of rotatable bonds is 2. The first kappa shape index (κ1) is 19.4. The molecule has 1 saturated heterocycles. The van der Waals surface area contributed by atoms with Crippen LogP contribution in [-0.2, 0) is 6.18 Å². The molecule has 4 rings (SSSR count). The summed E-state index contributed by atoms with van der Waals surface area (Å²) in [5, 5.41) is 14.4. The lowest BCUT2D eigenvalue weighted by atomic mass is 9.80. The van der Waals surface area contributed by atoms with Crippen molar-refractivity contribution in [2.45, 2.75) is 31.8 Å². The SMILES string of the molecule is C[C@H]1[C@H]2NC(=S)N(c3cccc(C(F)(F)F)c3)[C@@]1(C)Oc1ccc([N+](=O)[O-])cc12. The zero-order valence-electron chi connectivity index (χ0n) is 15.4. The molecule has 0 spiro atoms. The molecule has 2 aromatic rings. The highest BCUT2D eigenvalue weighted by Gasteiger charge is 2.54. The van der Waals surface area contributed by atoms with E-state index >= 15 is 0 Å². The number of thiocarbonyl (C=S) groups is 1. The lowest BCUT2D eigenvalue weighted by molar-refractivity contribution is -0.385. The van der Waals surface area contributed by atoms with Crippen molar-refractivity contribution in [2.75, 3.05) is 4.90 Å². The molecule has 0 saturated carbocycles. The normalized spacial score (nSPS) is 25.7. The van der Waals surface area contributed by atoms with Gasteiger partial charge in [-0.05, 0) is 43.4 Å². The third-order valence-electron chi connectivity index (χ3n) is 5.56. The Kier molecular flexibility index (Phi) is 4.23. The van der Waals surface area contributed by atoms with E-state index in [1.165, 1.54) is 35.2 Å². The molecule has 3 atom stereocenters. The third kappa shape index (κ3) is 2.98. The van der Waals surface area contributed by atoms with Crippen molar-refractivity contribution in [2.24, 2.45) is 5.92 Å². The molecule has 29 heavy (non-hydrogen) atoms. The Bertz CT molecular complexity index is 1030. The molecule has 1 fully saturated rings. The van der Waals surface area contributed by atoms with Crippen LogP contribution in [0.4, 0.5) is 24.5 Å². The molecule has 2 aromatic carbocycles. The second-order valence-electron chi connectivity index (χ2n) is 7.24. The van der Waals surface area contributed by atoms with Crippen LogP contribution in [0.3, 0.4) is 0 Å². The van der Waals surface area contributed by atoms with E-state index in [9.17, 15) is 23.3 Å². The van der Waals surface area contributed by atoms with Crippen molar-refractivity contribution < 1.29 is 22.8 Å². The summed E-state index contributed by atoms with van der Waals surface area (Å²) in [5.41, 5.74) is -1.11. The highest BCUT2D eigenvalue weighted by molar-refractivity contribution is 7.80. The van der Waals surface area contributed by atoms with Crippen LogP contribution in [-0.4, -0.2) is 15.8 Å². The van der Waals surface area contributed by atoms with Gasteiger partial charge in [-0.25, -0.2) is 0 Å². The largest absolute Gasteiger partial charge is 0.467 e. The minimum absolute atomic E-state index is 0.0730. The first-order chi connectivity index (χ1) is 13.5. The van der Waals surface area contributed by atoms with Crippen molar-refractivity contribution in [3.63, 3.8) is 0 Å². The maximum absolute atomic E-state index is 13.2. The average Bonchev–Trinajstić information content (AvgIpc) is 2.63. The maximum Gasteiger partial charge on any atom is 0.416 e. The molecule has 2 bridgehead atoms. The number of ether oxygens (including phenoxy) is 1. The smallest absolute Gasteiger partial charge is 0.416 e. The Balaban J connectivity index is 1.81. The van der Waals surface area contributed by atoms with E-state index < -0.39 is 22.4 Å². The number of nitrogens with zero attached hydrogens (tertiary/aromatic N) is 2. The van der Waals surface area contributed by atoms with Gasteiger partial charge in [-0.2, -0.15) is 13.2 Å². The summed E-state index contributed by atoms with van der Waals surface area (Å²) in [4.78, 5) is 12.2. The summed E-state index contributed by atoms with van der Waals surface area (Å²) in [6, 6.07) is 8.78. The molecular weight excluding hydrogens is 407 g/mol. The number of hydrogen-bond donors (Lipinski definition) is 1. The van der Waals surface area contributed by atoms with E-state index in [1.807, 2.05) is 6.92 Å². The van der Waals surface area contributed by atoms with Crippen LogP contribution in [0.5, 0.6) is 5.75 Å². The maximum atomic E-state index is 13.2. The fraction of sp³-hybridized carbons (Fsp3) is 0.316. The summed E-state index contributed by atoms with van der Waals surface area (Å²) in [6.45, 7) is 3.62. The van der Waals surface area contributed by atoms with E-state index in [0.717, 1.165) is 12.1 Å². The van der Waals surface area contributed by atoms with Gasteiger partial charge >= 0.3 is 6.18 Å². The van der Waals surface area contributed by atoms with E-state index in [2.05, 4.69) is 5.32 Å². The number of nitro benzene ring substituents is 1. The summed E-state index contributed by atoms with van der Waals surface area (Å²) in [5.74, 6) is 0.145. The second-order valence-corrected chi connectivity index (χ2v) is 7.62. The molecule has 0 unspecified atom stereocenters. The quantitative estimate of drug-likeness (QED) is 0.425. The first-order valence-corrected chi connectivity index (χ1v) is 9.18. The highest BCUT2D eigenvalue weighted by atomic mass is 32.1. The van der Waals surface area contributed by atoms with Crippen LogP contribution in [0.1, 0.15) is 31.0 Å². The van der Waals surface area contributed by atoms with Gasteiger partial charge in [0.2, 0.25) is 0 Å². The number of fused-ring (bicyclic) bond motifs is 4. The summed E-state index contributed by atoms with van der Waals surface area (Å²) in [6.07, 6.45) is -4.49. The van der Waals surface area contributed by atoms with Crippen LogP contribution < -0.4 is 15.0 Å². The van der Waals surface area contributed by atoms with Gasteiger partial charge in [-0.1, -0.05) is 13.0 Å². The van der Waals surface area contributed by atoms with Crippen LogP contribution >= 0.6 is 12.2 Å². The zero-order valence-corrected chi connectivity index (χ0v) is 16.2.